The summed E-state index contributed by atoms with van der Waals surface area (Å²) in [5.41, 5.74) is 1.11. The monoisotopic (exact) mass is 547 g/mol. The summed E-state index contributed by atoms with van der Waals surface area (Å²) in [5.74, 6) is -0.578. The second-order valence-corrected chi connectivity index (χ2v) is 10.9. The average Bonchev–Trinajstić information content (AvgIpc) is 2.77. The Bertz CT molecular complexity index is 1110. The van der Waals surface area contributed by atoms with E-state index in [0.717, 1.165) is 6.26 Å². The molecular formula is C23H28Cl3N3O4S. The van der Waals surface area contributed by atoms with Crippen LogP contribution in [0.25, 0.3) is 0 Å². The van der Waals surface area contributed by atoms with Gasteiger partial charge in [-0.15, -0.1) is 0 Å². The summed E-state index contributed by atoms with van der Waals surface area (Å²) >= 11 is 18.2. The van der Waals surface area contributed by atoms with Gasteiger partial charge in [-0.05, 0) is 54.8 Å². The zero-order valence-corrected chi connectivity index (χ0v) is 22.3. The minimum absolute atomic E-state index is 0.0400. The first-order valence-corrected chi connectivity index (χ1v) is 13.6. The number of halogens is 3. The van der Waals surface area contributed by atoms with E-state index in [4.69, 9.17) is 34.8 Å². The minimum Gasteiger partial charge on any atom is -0.357 e. The van der Waals surface area contributed by atoms with E-state index in [-0.39, 0.29) is 37.7 Å². The minimum atomic E-state index is -3.57. The normalized spacial score (nSPS) is 12.2. The number of hydrogen-bond donors (Lipinski definition) is 1. The molecule has 0 bridgehead atoms. The van der Waals surface area contributed by atoms with Gasteiger partial charge in [0.15, 0.2) is 0 Å². The van der Waals surface area contributed by atoms with Gasteiger partial charge in [-0.2, -0.15) is 0 Å². The van der Waals surface area contributed by atoms with Gasteiger partial charge in [0.2, 0.25) is 21.8 Å². The molecule has 2 amide bonds. The third-order valence-electron chi connectivity index (χ3n) is 5.25. The van der Waals surface area contributed by atoms with Gasteiger partial charge in [-0.1, -0.05) is 47.8 Å². The molecule has 2 aromatic carbocycles. The number of hydrogen-bond acceptors (Lipinski definition) is 4. The predicted octanol–water partition coefficient (Wildman–Crippen LogP) is 4.75. The maximum atomic E-state index is 13.3. The molecule has 1 unspecified atom stereocenters. The lowest BCUT2D eigenvalue weighted by atomic mass is 10.1. The van der Waals surface area contributed by atoms with Crippen molar-refractivity contribution < 1.29 is 18.0 Å². The van der Waals surface area contributed by atoms with Gasteiger partial charge in [-0.25, -0.2) is 8.42 Å². The summed E-state index contributed by atoms with van der Waals surface area (Å²) in [6.07, 6.45) is 1.80. The highest BCUT2D eigenvalue weighted by molar-refractivity contribution is 7.92. The number of nitrogens with one attached hydrogen (secondary N) is 1. The number of amides is 2. The van der Waals surface area contributed by atoms with E-state index in [2.05, 4.69) is 5.32 Å². The van der Waals surface area contributed by atoms with Crippen LogP contribution in [0, 0.1) is 0 Å². The largest absolute Gasteiger partial charge is 0.357 e. The van der Waals surface area contributed by atoms with E-state index in [0.29, 0.717) is 32.7 Å². The number of rotatable bonds is 11. The fourth-order valence-electron chi connectivity index (χ4n) is 3.53. The van der Waals surface area contributed by atoms with Crippen LogP contribution in [-0.4, -0.2) is 51.0 Å². The third kappa shape index (κ3) is 7.77. The Balaban J connectivity index is 2.21. The number of nitrogens with zero attached hydrogens (tertiary/aromatic N) is 2. The highest BCUT2D eigenvalue weighted by atomic mass is 35.5. The van der Waals surface area contributed by atoms with E-state index < -0.39 is 16.1 Å². The summed E-state index contributed by atoms with van der Waals surface area (Å²) in [6.45, 7) is 2.03. The molecule has 1 N–H and O–H groups in total. The van der Waals surface area contributed by atoms with Gasteiger partial charge in [0.05, 0.1) is 11.9 Å². The first kappa shape index (κ1) is 28.2. The second kappa shape index (κ2) is 12.6. The summed E-state index contributed by atoms with van der Waals surface area (Å²) < 4.78 is 25.9. The van der Waals surface area contributed by atoms with Gasteiger partial charge in [0.1, 0.15) is 6.04 Å². The number of sulfonamides is 1. The molecule has 11 heteroatoms. The van der Waals surface area contributed by atoms with Crippen molar-refractivity contribution in [3.8, 4) is 0 Å². The number of carbonyl (C=O) groups is 2. The van der Waals surface area contributed by atoms with Crippen LogP contribution in [0.3, 0.4) is 0 Å². The van der Waals surface area contributed by atoms with Gasteiger partial charge in [-0.3, -0.25) is 13.9 Å². The number of carbonyl (C=O) groups excluding carboxylic acids is 2. The first-order chi connectivity index (χ1) is 16.0. The molecule has 1 atom stereocenters. The van der Waals surface area contributed by atoms with Gasteiger partial charge < -0.3 is 10.2 Å². The van der Waals surface area contributed by atoms with Crippen LogP contribution in [0.1, 0.15) is 31.7 Å². The van der Waals surface area contributed by atoms with Crippen LogP contribution in [0.15, 0.2) is 42.5 Å². The maximum Gasteiger partial charge on any atom is 0.242 e. The fraction of sp³-hybridized carbons (Fsp3) is 0.391. The van der Waals surface area contributed by atoms with E-state index in [1.807, 2.05) is 6.92 Å². The fourth-order valence-corrected chi connectivity index (χ4v) is 5.09. The Morgan fingerprint density at radius 2 is 1.65 bits per heavy atom. The lowest BCUT2D eigenvalue weighted by Crippen LogP contribution is -2.48. The molecule has 0 spiro atoms. The SMILES string of the molecule is CCC(C(=O)NC)N(Cc1ccc(Cl)cc1Cl)C(=O)CCCN(c1ccc(Cl)cc1)S(C)(=O)=O. The highest BCUT2D eigenvalue weighted by Gasteiger charge is 2.28. The standard InChI is InChI=1S/C23H28Cl3N3O4S/c1-4-21(23(31)27-2)28(15-16-7-8-18(25)14-20(16)26)22(30)6-5-13-29(34(3,32)33)19-11-9-17(24)10-12-19/h7-12,14,21H,4-6,13,15H2,1-3H3,(H,27,31). The van der Waals surface area contributed by atoms with Crippen LogP contribution in [0.2, 0.25) is 15.1 Å². The van der Waals surface area contributed by atoms with Crippen LogP contribution >= 0.6 is 34.8 Å². The Hall–Kier alpha value is -2.00. The van der Waals surface area contributed by atoms with Crippen molar-refractivity contribution >= 4 is 62.3 Å². The predicted molar refractivity (Wildman–Crippen MR) is 138 cm³/mol. The molecule has 0 saturated heterocycles. The Kier molecular flexibility index (Phi) is 10.5. The molecular weight excluding hydrogens is 521 g/mol. The van der Waals surface area contributed by atoms with Crippen molar-refractivity contribution in [2.24, 2.45) is 0 Å². The Labute approximate surface area is 216 Å². The molecule has 2 aromatic rings. The molecule has 0 aromatic heterocycles. The van der Waals surface area contributed by atoms with Crippen LogP contribution < -0.4 is 9.62 Å². The van der Waals surface area contributed by atoms with Gasteiger partial charge in [0, 0.05) is 41.6 Å². The van der Waals surface area contributed by atoms with Gasteiger partial charge in [0.25, 0.3) is 0 Å². The Morgan fingerprint density at radius 3 is 2.18 bits per heavy atom. The first-order valence-electron chi connectivity index (χ1n) is 10.7. The molecule has 0 aliphatic rings. The maximum absolute atomic E-state index is 13.3. The number of likely N-dealkylation sites (N-methyl/N-ethyl adjacent to an activating group) is 1. The summed E-state index contributed by atoms with van der Waals surface area (Å²) in [5, 5.41) is 3.94. The Morgan fingerprint density at radius 1 is 1.03 bits per heavy atom. The van der Waals surface area contributed by atoms with Crippen LogP contribution in [-0.2, 0) is 26.2 Å². The van der Waals surface area contributed by atoms with Crippen LogP contribution in [0.5, 0.6) is 0 Å². The molecule has 0 fully saturated rings. The molecule has 0 saturated carbocycles. The van der Waals surface area contributed by atoms with Crippen molar-refractivity contribution in [3.63, 3.8) is 0 Å². The van der Waals surface area contributed by atoms with Crippen molar-refractivity contribution in [2.75, 3.05) is 24.2 Å². The van der Waals surface area contributed by atoms with Crippen molar-refractivity contribution in [2.45, 2.75) is 38.8 Å². The second-order valence-electron chi connectivity index (χ2n) is 7.71. The van der Waals surface area contributed by atoms with E-state index >= 15 is 0 Å². The molecule has 2 rings (SSSR count). The molecule has 0 aliphatic heterocycles. The van der Waals surface area contributed by atoms with E-state index in [1.165, 1.54) is 16.3 Å². The van der Waals surface area contributed by atoms with Crippen molar-refractivity contribution in [1.82, 2.24) is 10.2 Å². The average molecular weight is 549 g/mol. The lowest BCUT2D eigenvalue weighted by Gasteiger charge is -2.31. The lowest BCUT2D eigenvalue weighted by molar-refractivity contribution is -0.141. The quantitative estimate of drug-likeness (QED) is 0.439. The molecule has 7 nitrogen and oxygen atoms in total. The number of anilines is 1. The summed E-state index contributed by atoms with van der Waals surface area (Å²) in [7, 11) is -2.06. The van der Waals surface area contributed by atoms with E-state index in [9.17, 15) is 18.0 Å². The van der Waals surface area contributed by atoms with Crippen molar-refractivity contribution in [1.29, 1.82) is 0 Å². The molecule has 186 valence electrons. The van der Waals surface area contributed by atoms with Gasteiger partial charge >= 0.3 is 0 Å². The topological polar surface area (TPSA) is 86.8 Å². The third-order valence-corrected chi connectivity index (χ3v) is 7.29. The zero-order chi connectivity index (χ0) is 25.5. The molecule has 0 aliphatic carbocycles. The zero-order valence-electron chi connectivity index (χ0n) is 19.2. The summed E-state index contributed by atoms with van der Waals surface area (Å²) in [4.78, 5) is 27.2. The molecule has 0 radical (unpaired) electrons. The molecule has 34 heavy (non-hydrogen) atoms. The van der Waals surface area contributed by atoms with Crippen LogP contribution in [0.4, 0.5) is 5.69 Å². The highest BCUT2D eigenvalue weighted by Crippen LogP contribution is 2.25. The smallest absolute Gasteiger partial charge is 0.242 e. The number of benzene rings is 2. The van der Waals surface area contributed by atoms with E-state index in [1.54, 1.807) is 42.5 Å². The molecule has 0 heterocycles. The van der Waals surface area contributed by atoms with Crippen molar-refractivity contribution in [3.05, 3.63) is 63.1 Å². The summed E-state index contributed by atoms with van der Waals surface area (Å²) in [6, 6.07) is 10.7.